The summed E-state index contributed by atoms with van der Waals surface area (Å²) in [6.07, 6.45) is 3.58. The van der Waals surface area contributed by atoms with Gasteiger partial charge in [-0.2, -0.15) is 0 Å². The van der Waals surface area contributed by atoms with Crippen molar-refractivity contribution in [2.45, 2.75) is 52.0 Å². The number of hydrogen-bond donors (Lipinski definition) is 1. The molecule has 0 amide bonds. The summed E-state index contributed by atoms with van der Waals surface area (Å²) >= 11 is 0. The second kappa shape index (κ2) is 10.4. The fourth-order valence-electron chi connectivity index (χ4n) is 3.29. The fourth-order valence-corrected chi connectivity index (χ4v) is 3.29. The molecular weight excluding hydrogens is 308 g/mol. The summed E-state index contributed by atoms with van der Waals surface area (Å²) in [5, 5.41) is 3.48. The molecule has 1 aromatic rings. The molecule has 1 N–H and O–H groups in total. The van der Waals surface area contributed by atoms with Crippen LogP contribution in [0.15, 0.2) is 35.3 Å². The molecule has 2 rings (SSSR count). The van der Waals surface area contributed by atoms with E-state index in [4.69, 9.17) is 4.99 Å². The van der Waals surface area contributed by atoms with Gasteiger partial charge in [-0.3, -0.25) is 4.99 Å². The molecule has 0 saturated carbocycles. The van der Waals surface area contributed by atoms with Crippen molar-refractivity contribution in [1.29, 1.82) is 0 Å². The molecule has 0 aliphatic carbocycles. The van der Waals surface area contributed by atoms with Crippen LogP contribution in [-0.2, 0) is 0 Å². The topological polar surface area (TPSA) is 30.9 Å². The predicted molar refractivity (Wildman–Crippen MR) is 108 cm³/mol. The molecule has 1 aliphatic heterocycles. The monoisotopic (exact) mass is 344 g/mol. The Morgan fingerprint density at radius 1 is 1.28 bits per heavy atom. The molecule has 4 nitrogen and oxygen atoms in total. The second-order valence-corrected chi connectivity index (χ2v) is 7.36. The van der Waals surface area contributed by atoms with Crippen molar-refractivity contribution in [2.75, 3.05) is 39.8 Å². The molecule has 0 bridgehead atoms. The van der Waals surface area contributed by atoms with E-state index in [1.54, 1.807) is 0 Å². The van der Waals surface area contributed by atoms with Gasteiger partial charge < -0.3 is 15.1 Å². The van der Waals surface area contributed by atoms with Crippen LogP contribution in [0.25, 0.3) is 0 Å². The summed E-state index contributed by atoms with van der Waals surface area (Å²) in [4.78, 5) is 9.71. The first-order valence-electron chi connectivity index (χ1n) is 9.90. The molecule has 1 heterocycles. The summed E-state index contributed by atoms with van der Waals surface area (Å²) in [6, 6.07) is 11.5. The maximum absolute atomic E-state index is 4.88. The zero-order valence-electron chi connectivity index (χ0n) is 16.5. The minimum Gasteiger partial charge on any atom is -0.357 e. The van der Waals surface area contributed by atoms with E-state index in [0.29, 0.717) is 12.0 Å². The summed E-state index contributed by atoms with van der Waals surface area (Å²) in [6.45, 7) is 11.8. The zero-order valence-corrected chi connectivity index (χ0v) is 16.5. The first kappa shape index (κ1) is 19.8. The van der Waals surface area contributed by atoms with Crippen molar-refractivity contribution in [3.63, 3.8) is 0 Å². The van der Waals surface area contributed by atoms with Gasteiger partial charge in [-0.05, 0) is 59.2 Å². The van der Waals surface area contributed by atoms with E-state index < -0.39 is 0 Å². The number of nitrogens with one attached hydrogen (secondary N) is 1. The van der Waals surface area contributed by atoms with Gasteiger partial charge in [-0.1, -0.05) is 30.3 Å². The van der Waals surface area contributed by atoms with Crippen molar-refractivity contribution in [3.05, 3.63) is 35.9 Å². The Morgan fingerprint density at radius 2 is 2.04 bits per heavy atom. The average Bonchev–Trinajstić information content (AvgIpc) is 3.11. The maximum atomic E-state index is 4.88. The highest BCUT2D eigenvalue weighted by atomic mass is 15.3. The highest BCUT2D eigenvalue weighted by Crippen LogP contribution is 2.26. The number of guanidine groups is 1. The zero-order chi connectivity index (χ0) is 18.1. The van der Waals surface area contributed by atoms with Gasteiger partial charge in [-0.15, -0.1) is 0 Å². The van der Waals surface area contributed by atoms with E-state index in [1.807, 2.05) is 0 Å². The first-order chi connectivity index (χ1) is 12.1. The SMILES string of the molecule is CCNC(=NCCCCN(C)C(C)C)N1CCC(c2ccccc2)C1. The largest absolute Gasteiger partial charge is 0.357 e. The van der Waals surface area contributed by atoms with Crippen molar-refractivity contribution in [2.24, 2.45) is 4.99 Å². The van der Waals surface area contributed by atoms with E-state index >= 15 is 0 Å². The summed E-state index contributed by atoms with van der Waals surface area (Å²) < 4.78 is 0. The number of rotatable bonds is 8. The molecule has 1 unspecified atom stereocenters. The lowest BCUT2D eigenvalue weighted by molar-refractivity contribution is 0.269. The summed E-state index contributed by atoms with van der Waals surface area (Å²) in [5.41, 5.74) is 1.46. The van der Waals surface area contributed by atoms with Gasteiger partial charge >= 0.3 is 0 Å². The van der Waals surface area contributed by atoms with Crippen LogP contribution >= 0.6 is 0 Å². The van der Waals surface area contributed by atoms with E-state index in [1.165, 1.54) is 18.4 Å². The van der Waals surface area contributed by atoms with Gasteiger partial charge in [0.2, 0.25) is 0 Å². The molecule has 0 spiro atoms. The number of unbranched alkanes of at least 4 members (excludes halogenated alkanes) is 1. The number of benzene rings is 1. The van der Waals surface area contributed by atoms with Gasteiger partial charge in [-0.25, -0.2) is 0 Å². The third-order valence-electron chi connectivity index (χ3n) is 5.16. The average molecular weight is 345 g/mol. The van der Waals surface area contributed by atoms with Gasteiger partial charge in [0.1, 0.15) is 0 Å². The summed E-state index contributed by atoms with van der Waals surface area (Å²) in [5.74, 6) is 1.72. The molecule has 1 atom stereocenters. The van der Waals surface area contributed by atoms with Crippen LogP contribution in [0.4, 0.5) is 0 Å². The van der Waals surface area contributed by atoms with Crippen LogP contribution < -0.4 is 5.32 Å². The van der Waals surface area contributed by atoms with Gasteiger partial charge in [0.05, 0.1) is 0 Å². The number of likely N-dealkylation sites (tertiary alicyclic amines) is 1. The van der Waals surface area contributed by atoms with E-state index in [0.717, 1.165) is 45.1 Å². The Morgan fingerprint density at radius 3 is 2.72 bits per heavy atom. The smallest absolute Gasteiger partial charge is 0.193 e. The Hall–Kier alpha value is -1.55. The first-order valence-corrected chi connectivity index (χ1v) is 9.90. The van der Waals surface area contributed by atoms with Crippen molar-refractivity contribution in [3.8, 4) is 0 Å². The van der Waals surface area contributed by atoms with E-state index in [2.05, 4.69) is 73.3 Å². The molecule has 1 aliphatic rings. The predicted octanol–water partition coefficient (Wildman–Crippen LogP) is 3.56. The van der Waals surface area contributed by atoms with Gasteiger partial charge in [0.15, 0.2) is 5.96 Å². The van der Waals surface area contributed by atoms with Crippen LogP contribution in [-0.4, -0.2) is 61.6 Å². The van der Waals surface area contributed by atoms with Crippen LogP contribution in [0.2, 0.25) is 0 Å². The maximum Gasteiger partial charge on any atom is 0.193 e. The van der Waals surface area contributed by atoms with Crippen molar-refractivity contribution >= 4 is 5.96 Å². The molecule has 1 aromatic carbocycles. The summed E-state index contributed by atoms with van der Waals surface area (Å²) in [7, 11) is 2.20. The molecule has 25 heavy (non-hydrogen) atoms. The highest BCUT2D eigenvalue weighted by Gasteiger charge is 2.25. The minimum absolute atomic E-state index is 0.625. The quantitative estimate of drug-likeness (QED) is 0.444. The number of nitrogens with zero attached hydrogens (tertiary/aromatic N) is 3. The molecule has 140 valence electrons. The van der Waals surface area contributed by atoms with Crippen molar-refractivity contribution < 1.29 is 0 Å². The molecule has 0 radical (unpaired) electrons. The number of hydrogen-bond acceptors (Lipinski definition) is 2. The van der Waals surface area contributed by atoms with E-state index in [-0.39, 0.29) is 0 Å². The third kappa shape index (κ3) is 6.35. The van der Waals surface area contributed by atoms with Crippen LogP contribution in [0, 0.1) is 0 Å². The molecule has 1 fully saturated rings. The van der Waals surface area contributed by atoms with Gasteiger partial charge in [0, 0.05) is 38.1 Å². The van der Waals surface area contributed by atoms with Crippen LogP contribution in [0.1, 0.15) is 51.5 Å². The second-order valence-electron chi connectivity index (χ2n) is 7.36. The third-order valence-corrected chi connectivity index (χ3v) is 5.16. The Bertz CT molecular complexity index is 512. The normalized spacial score (nSPS) is 18.4. The molecule has 0 aromatic heterocycles. The molecule has 4 heteroatoms. The Kier molecular flexibility index (Phi) is 8.26. The van der Waals surface area contributed by atoms with Crippen LogP contribution in [0.3, 0.4) is 0 Å². The number of aliphatic imine (C=N–C) groups is 1. The minimum atomic E-state index is 0.625. The van der Waals surface area contributed by atoms with E-state index in [9.17, 15) is 0 Å². The van der Waals surface area contributed by atoms with Crippen molar-refractivity contribution in [1.82, 2.24) is 15.1 Å². The lowest BCUT2D eigenvalue weighted by Gasteiger charge is -2.22. The standard InChI is InChI=1S/C21H36N4/c1-5-22-21(23-14-9-10-15-24(4)18(2)3)25-16-13-20(17-25)19-11-7-6-8-12-19/h6-8,11-12,18,20H,5,9-10,13-17H2,1-4H3,(H,22,23). The Labute approximate surface area is 154 Å². The molecule has 1 saturated heterocycles. The molecular formula is C21H36N4. The Balaban J connectivity index is 1.81. The van der Waals surface area contributed by atoms with Gasteiger partial charge in [0.25, 0.3) is 0 Å². The fraction of sp³-hybridized carbons (Fsp3) is 0.667. The lowest BCUT2D eigenvalue weighted by atomic mass is 9.99. The van der Waals surface area contributed by atoms with Crippen LogP contribution in [0.5, 0.6) is 0 Å². The lowest BCUT2D eigenvalue weighted by Crippen LogP contribution is -2.40. The highest BCUT2D eigenvalue weighted by molar-refractivity contribution is 5.80.